The molecule has 0 atom stereocenters. The second-order valence-corrected chi connectivity index (χ2v) is 7.47. The van der Waals surface area contributed by atoms with E-state index in [1.54, 1.807) is 36.4 Å². The van der Waals surface area contributed by atoms with E-state index in [2.05, 4.69) is 26.6 Å². The first kappa shape index (κ1) is 20.2. The van der Waals surface area contributed by atoms with Crippen molar-refractivity contribution in [2.24, 2.45) is 0 Å². The summed E-state index contributed by atoms with van der Waals surface area (Å²) in [5.74, 6) is 0.617. The van der Waals surface area contributed by atoms with Crippen molar-refractivity contribution in [1.82, 2.24) is 5.32 Å². The van der Waals surface area contributed by atoms with E-state index in [9.17, 15) is 9.59 Å². The van der Waals surface area contributed by atoms with Gasteiger partial charge in [-0.15, -0.1) is 0 Å². The lowest BCUT2D eigenvalue weighted by Crippen LogP contribution is -2.25. The summed E-state index contributed by atoms with van der Waals surface area (Å²) in [4.78, 5) is 24.9. The maximum Gasteiger partial charge on any atom is 0.255 e. The van der Waals surface area contributed by atoms with Gasteiger partial charge in [-0.3, -0.25) is 9.59 Å². The van der Waals surface area contributed by atoms with Crippen molar-refractivity contribution in [3.8, 4) is 11.5 Å². The average Bonchev–Trinajstić information content (AvgIpc) is 3.50. The number of carbonyl (C=O) groups excluding carboxylic acids is 2. The molecule has 0 saturated heterocycles. The van der Waals surface area contributed by atoms with E-state index in [-0.39, 0.29) is 17.9 Å². The summed E-state index contributed by atoms with van der Waals surface area (Å²) in [5, 5.41) is 5.77. The van der Waals surface area contributed by atoms with Gasteiger partial charge in [0.25, 0.3) is 11.8 Å². The molecule has 28 heavy (non-hydrogen) atoms. The largest absolute Gasteiger partial charge is 0.493 e. The SMILES string of the molecule is CCCOc1c(Br)cc(C(=O)Nc2cccc(C(=O)NC3CC3)c2)cc1OC. The van der Waals surface area contributed by atoms with Crippen molar-refractivity contribution < 1.29 is 19.1 Å². The van der Waals surface area contributed by atoms with Gasteiger partial charge >= 0.3 is 0 Å². The quantitative estimate of drug-likeness (QED) is 0.630. The fourth-order valence-corrected chi connectivity index (χ4v) is 3.19. The van der Waals surface area contributed by atoms with E-state index in [1.165, 1.54) is 7.11 Å². The molecule has 0 spiro atoms. The Labute approximate surface area is 172 Å². The molecule has 2 aromatic carbocycles. The van der Waals surface area contributed by atoms with Crippen LogP contribution in [0.15, 0.2) is 40.9 Å². The van der Waals surface area contributed by atoms with Gasteiger partial charge in [0.05, 0.1) is 18.2 Å². The molecule has 2 N–H and O–H groups in total. The number of hydrogen-bond donors (Lipinski definition) is 2. The molecule has 148 valence electrons. The number of benzene rings is 2. The summed E-state index contributed by atoms with van der Waals surface area (Å²) in [6, 6.07) is 10.5. The lowest BCUT2D eigenvalue weighted by molar-refractivity contribution is 0.0949. The van der Waals surface area contributed by atoms with Gasteiger partial charge in [0.2, 0.25) is 0 Å². The minimum atomic E-state index is -0.305. The maximum atomic E-state index is 12.7. The summed E-state index contributed by atoms with van der Waals surface area (Å²) in [6.45, 7) is 2.57. The van der Waals surface area contributed by atoms with Crippen LogP contribution in [0.3, 0.4) is 0 Å². The van der Waals surface area contributed by atoms with Crippen molar-refractivity contribution in [2.75, 3.05) is 19.0 Å². The minimum Gasteiger partial charge on any atom is -0.493 e. The van der Waals surface area contributed by atoms with Gasteiger partial charge < -0.3 is 20.1 Å². The highest BCUT2D eigenvalue weighted by molar-refractivity contribution is 9.10. The molecular weight excluding hydrogens is 424 g/mol. The molecule has 0 unspecified atom stereocenters. The van der Waals surface area contributed by atoms with Crippen molar-refractivity contribution in [2.45, 2.75) is 32.2 Å². The van der Waals surface area contributed by atoms with Crippen LogP contribution in [0.4, 0.5) is 5.69 Å². The summed E-state index contributed by atoms with van der Waals surface area (Å²) in [6.07, 6.45) is 2.91. The highest BCUT2D eigenvalue weighted by atomic mass is 79.9. The Balaban J connectivity index is 1.75. The molecule has 3 rings (SSSR count). The van der Waals surface area contributed by atoms with Crippen molar-refractivity contribution in [3.63, 3.8) is 0 Å². The van der Waals surface area contributed by atoms with E-state index < -0.39 is 0 Å². The van der Waals surface area contributed by atoms with Crippen LogP contribution in [0.25, 0.3) is 0 Å². The number of ether oxygens (including phenoxy) is 2. The lowest BCUT2D eigenvalue weighted by atomic mass is 10.1. The van der Waals surface area contributed by atoms with Gasteiger partial charge in [0, 0.05) is 22.9 Å². The van der Waals surface area contributed by atoms with Crippen molar-refractivity contribution in [3.05, 3.63) is 52.0 Å². The molecule has 1 fully saturated rings. The topological polar surface area (TPSA) is 76.7 Å². The molecular formula is C21H23BrN2O4. The fourth-order valence-electron chi connectivity index (χ4n) is 2.63. The molecule has 7 heteroatoms. The number of carbonyl (C=O) groups is 2. The van der Waals surface area contributed by atoms with E-state index in [4.69, 9.17) is 9.47 Å². The zero-order valence-corrected chi connectivity index (χ0v) is 17.5. The Bertz CT molecular complexity index is 881. The molecule has 0 bridgehead atoms. The molecule has 6 nitrogen and oxygen atoms in total. The number of hydrogen-bond acceptors (Lipinski definition) is 4. The predicted molar refractivity (Wildman–Crippen MR) is 111 cm³/mol. The Morgan fingerprint density at radius 2 is 1.93 bits per heavy atom. The second-order valence-electron chi connectivity index (χ2n) is 6.62. The lowest BCUT2D eigenvalue weighted by Gasteiger charge is -2.14. The first-order valence-corrected chi connectivity index (χ1v) is 10.0. The predicted octanol–water partition coefficient (Wildman–Crippen LogP) is 4.39. The van der Waals surface area contributed by atoms with Crippen LogP contribution >= 0.6 is 15.9 Å². The molecule has 0 aromatic heterocycles. The molecule has 0 radical (unpaired) electrons. The standard InChI is InChI=1S/C21H23BrN2O4/c1-3-9-28-19-17(22)11-14(12-18(19)27-2)21(26)24-16-6-4-5-13(10-16)20(25)23-15-7-8-15/h4-6,10-12,15H,3,7-9H2,1-2H3,(H,23,25)(H,24,26). The molecule has 2 aromatic rings. The summed E-state index contributed by atoms with van der Waals surface area (Å²) in [5.41, 5.74) is 1.49. The van der Waals surface area contributed by atoms with Gasteiger partial charge in [-0.05, 0) is 65.5 Å². The van der Waals surface area contributed by atoms with E-state index in [1.807, 2.05) is 6.92 Å². The minimum absolute atomic E-state index is 0.125. The first-order chi connectivity index (χ1) is 13.5. The van der Waals surface area contributed by atoms with Crippen LogP contribution in [0.2, 0.25) is 0 Å². The number of anilines is 1. The molecule has 1 saturated carbocycles. The van der Waals surface area contributed by atoms with Gasteiger partial charge in [0.15, 0.2) is 11.5 Å². The number of methoxy groups -OCH3 is 1. The van der Waals surface area contributed by atoms with E-state index >= 15 is 0 Å². The highest BCUT2D eigenvalue weighted by Crippen LogP contribution is 2.37. The third-order valence-electron chi connectivity index (χ3n) is 4.24. The molecule has 1 aliphatic carbocycles. The Morgan fingerprint density at radius 3 is 2.61 bits per heavy atom. The molecule has 2 amide bonds. The Morgan fingerprint density at radius 1 is 1.14 bits per heavy atom. The highest BCUT2D eigenvalue weighted by Gasteiger charge is 2.24. The van der Waals surface area contributed by atoms with Crippen LogP contribution in [-0.4, -0.2) is 31.6 Å². The van der Waals surface area contributed by atoms with E-state index in [0.717, 1.165) is 19.3 Å². The van der Waals surface area contributed by atoms with Gasteiger partial charge in [-0.25, -0.2) is 0 Å². The average molecular weight is 447 g/mol. The normalized spacial score (nSPS) is 13.0. The second kappa shape index (κ2) is 9.10. The zero-order valence-electron chi connectivity index (χ0n) is 15.9. The number of rotatable bonds is 8. The fraction of sp³-hybridized carbons (Fsp3) is 0.333. The van der Waals surface area contributed by atoms with Crippen LogP contribution in [-0.2, 0) is 0 Å². The van der Waals surface area contributed by atoms with Crippen LogP contribution < -0.4 is 20.1 Å². The summed E-state index contributed by atoms with van der Waals surface area (Å²) >= 11 is 3.44. The molecule has 0 heterocycles. The van der Waals surface area contributed by atoms with Gasteiger partial charge in [-0.1, -0.05) is 13.0 Å². The van der Waals surface area contributed by atoms with Crippen LogP contribution in [0.1, 0.15) is 46.9 Å². The number of amides is 2. The summed E-state index contributed by atoms with van der Waals surface area (Å²) in [7, 11) is 1.53. The van der Waals surface area contributed by atoms with Gasteiger partial charge in [-0.2, -0.15) is 0 Å². The molecule has 0 aliphatic heterocycles. The number of halogens is 1. The van der Waals surface area contributed by atoms with Gasteiger partial charge in [0.1, 0.15) is 0 Å². The Hall–Kier alpha value is -2.54. The molecule has 1 aliphatic rings. The van der Waals surface area contributed by atoms with Crippen LogP contribution in [0.5, 0.6) is 11.5 Å². The number of nitrogens with one attached hydrogen (secondary N) is 2. The van der Waals surface area contributed by atoms with Crippen molar-refractivity contribution >= 4 is 33.4 Å². The van der Waals surface area contributed by atoms with Crippen molar-refractivity contribution in [1.29, 1.82) is 0 Å². The Kier molecular flexibility index (Phi) is 6.57. The third kappa shape index (κ3) is 5.04. The monoisotopic (exact) mass is 446 g/mol. The smallest absolute Gasteiger partial charge is 0.255 e. The summed E-state index contributed by atoms with van der Waals surface area (Å²) < 4.78 is 11.7. The zero-order chi connectivity index (χ0) is 20.1. The van der Waals surface area contributed by atoms with Crippen LogP contribution in [0, 0.1) is 0 Å². The maximum absolute atomic E-state index is 12.7. The van der Waals surface area contributed by atoms with E-state index in [0.29, 0.717) is 39.4 Å². The first-order valence-electron chi connectivity index (χ1n) is 9.24. The third-order valence-corrected chi connectivity index (χ3v) is 4.83.